The molecular weight excluding hydrogens is 630 g/mol. The summed E-state index contributed by atoms with van der Waals surface area (Å²) in [6.45, 7) is 0.502. The summed E-state index contributed by atoms with van der Waals surface area (Å²) in [5.74, 6) is 0. The molecule has 1 aliphatic heterocycles. The molecule has 1 aromatic rings. The molecule has 232 valence electrons. The number of unbranched alkanes of at least 4 members (excludes halogenated alkanes) is 3. The molecule has 20 nitrogen and oxygen atoms in total. The molecule has 0 aliphatic carbocycles. The molecule has 1 saturated heterocycles. The fraction of sp³-hybridized carbons (Fsp3) is 0.750. The number of ether oxygens (including phenoxy) is 1. The van der Waals surface area contributed by atoms with Crippen molar-refractivity contribution in [2.24, 2.45) is 5.73 Å². The maximum Gasteiger partial charge on any atom is 0.490 e. The first-order valence-electron chi connectivity index (χ1n) is 11.5. The molecule has 1 fully saturated rings. The summed E-state index contributed by atoms with van der Waals surface area (Å²) < 4.78 is 74.6. The molecule has 2 heterocycles. The van der Waals surface area contributed by atoms with Gasteiger partial charge in [-0.3, -0.25) is 23.4 Å². The number of rotatable bonds is 17. The van der Waals surface area contributed by atoms with Crippen molar-refractivity contribution in [1.29, 1.82) is 0 Å². The van der Waals surface area contributed by atoms with Crippen molar-refractivity contribution in [3.8, 4) is 0 Å². The third-order valence-corrected chi connectivity index (χ3v) is 11.0. The maximum absolute atomic E-state index is 12.1. The summed E-state index contributed by atoms with van der Waals surface area (Å²) in [6.07, 6.45) is -0.770. The number of nitrogens with one attached hydrogen (secondary N) is 1. The third-order valence-electron chi connectivity index (χ3n) is 5.03. The van der Waals surface area contributed by atoms with Crippen molar-refractivity contribution in [3.05, 3.63) is 32.6 Å². The van der Waals surface area contributed by atoms with E-state index in [-0.39, 0.29) is 18.4 Å². The van der Waals surface area contributed by atoms with Gasteiger partial charge in [0, 0.05) is 18.2 Å². The summed E-state index contributed by atoms with van der Waals surface area (Å²) in [7, 11) is -22.7. The largest absolute Gasteiger partial charge is 0.490 e. The van der Waals surface area contributed by atoms with Crippen molar-refractivity contribution in [2.45, 2.75) is 57.5 Å². The van der Waals surface area contributed by atoms with Crippen molar-refractivity contribution in [2.75, 3.05) is 19.8 Å². The van der Waals surface area contributed by atoms with E-state index in [0.29, 0.717) is 25.8 Å². The Morgan fingerprint density at radius 2 is 1.50 bits per heavy atom. The van der Waals surface area contributed by atoms with Crippen LogP contribution in [0.5, 0.6) is 0 Å². The monoisotopic (exact) mass is 661 g/mol. The topological polar surface area (TPSA) is 306 Å². The van der Waals surface area contributed by atoms with Gasteiger partial charge in [-0.1, -0.05) is 12.8 Å². The van der Waals surface area contributed by atoms with Crippen LogP contribution in [-0.2, 0) is 45.0 Å². The average molecular weight is 661 g/mol. The van der Waals surface area contributed by atoms with Gasteiger partial charge in [0.1, 0.15) is 12.3 Å². The van der Waals surface area contributed by atoms with Crippen LogP contribution in [0.15, 0.2) is 15.8 Å². The fourth-order valence-corrected chi connectivity index (χ4v) is 8.23. The van der Waals surface area contributed by atoms with Crippen LogP contribution < -0.4 is 17.0 Å². The summed E-state index contributed by atoms with van der Waals surface area (Å²) in [6, 6.07) is 0. The number of aromatic amines is 1. The second kappa shape index (κ2) is 14.5. The Bertz CT molecular complexity index is 1320. The van der Waals surface area contributed by atoms with Crippen LogP contribution in [-0.4, -0.2) is 66.2 Å². The van der Waals surface area contributed by atoms with Crippen LogP contribution in [0.3, 0.4) is 0 Å². The van der Waals surface area contributed by atoms with Gasteiger partial charge in [0.25, 0.3) is 5.56 Å². The number of aromatic nitrogens is 2. The first-order chi connectivity index (χ1) is 18.4. The minimum Gasteiger partial charge on any atom is -0.390 e. The molecule has 0 saturated carbocycles. The van der Waals surface area contributed by atoms with E-state index in [1.807, 2.05) is 4.98 Å². The first-order valence-corrected chi connectivity index (χ1v) is 17.4. The molecule has 2 rings (SSSR count). The zero-order valence-corrected chi connectivity index (χ0v) is 24.5. The van der Waals surface area contributed by atoms with Crippen LogP contribution in [0.2, 0.25) is 0 Å². The van der Waals surface area contributed by atoms with Crippen LogP contribution in [0.25, 0.3) is 0 Å². The number of nitrogens with two attached hydrogens (primary N) is 1. The zero-order chi connectivity index (χ0) is 30.4. The Morgan fingerprint density at radius 3 is 2.10 bits per heavy atom. The van der Waals surface area contributed by atoms with Gasteiger partial charge in [-0.05, 0) is 26.3 Å². The Hall–Kier alpha value is -0.880. The number of phosphoric ester groups is 2. The van der Waals surface area contributed by atoms with Gasteiger partial charge in [0.15, 0.2) is 0 Å². The highest BCUT2D eigenvalue weighted by atomic mass is 31.3. The van der Waals surface area contributed by atoms with E-state index in [9.17, 15) is 52.5 Å². The second-order valence-electron chi connectivity index (χ2n) is 8.36. The Labute approximate surface area is 226 Å². The molecule has 40 heavy (non-hydrogen) atoms. The predicted octanol–water partition coefficient (Wildman–Crippen LogP) is 0.497. The number of phosphoric acid groups is 4. The molecule has 1 aromatic heterocycles. The van der Waals surface area contributed by atoms with E-state index in [1.165, 1.54) is 6.92 Å². The summed E-state index contributed by atoms with van der Waals surface area (Å²) >= 11 is 0. The lowest BCUT2D eigenvalue weighted by atomic mass is 10.2. The van der Waals surface area contributed by atoms with Crippen LogP contribution in [0.4, 0.5) is 0 Å². The van der Waals surface area contributed by atoms with Gasteiger partial charge in [0.05, 0.1) is 19.3 Å². The number of aliphatic hydroxyl groups excluding tert-OH is 1. The van der Waals surface area contributed by atoms with Gasteiger partial charge in [0.2, 0.25) is 0 Å². The molecule has 0 amide bonds. The number of nitrogens with zero attached hydrogens (tertiary/aromatic N) is 1. The minimum atomic E-state index is -5.98. The molecular formula is C16H31N3O17P4. The average Bonchev–Trinajstić information content (AvgIpc) is 3.15. The lowest BCUT2D eigenvalue weighted by Crippen LogP contribution is -2.33. The van der Waals surface area contributed by atoms with E-state index in [4.69, 9.17) is 10.5 Å². The SMILES string of the molecule is Cc1cn(C2CC(O)C(COP(=O)(O)OP(=O)(O)OP(=O)(O)OP(=O)(O)OCCCCCCN)O2)c(=O)[nH]c1=O. The van der Waals surface area contributed by atoms with Gasteiger partial charge in [-0.25, -0.2) is 23.1 Å². The third kappa shape index (κ3) is 11.8. The van der Waals surface area contributed by atoms with Gasteiger partial charge in [-0.2, -0.15) is 12.9 Å². The lowest BCUT2D eigenvalue weighted by Gasteiger charge is -2.21. The molecule has 0 bridgehead atoms. The quantitative estimate of drug-likeness (QED) is 0.0882. The van der Waals surface area contributed by atoms with Crippen LogP contribution >= 0.6 is 31.3 Å². The maximum atomic E-state index is 12.1. The van der Waals surface area contributed by atoms with Crippen LogP contribution in [0.1, 0.15) is 43.9 Å². The molecule has 24 heteroatoms. The van der Waals surface area contributed by atoms with Crippen molar-refractivity contribution in [3.63, 3.8) is 0 Å². The van der Waals surface area contributed by atoms with E-state index in [2.05, 4.69) is 22.0 Å². The molecule has 0 radical (unpaired) electrons. The predicted molar refractivity (Wildman–Crippen MR) is 133 cm³/mol. The molecule has 0 aromatic carbocycles. The van der Waals surface area contributed by atoms with Crippen LogP contribution in [0, 0.1) is 6.92 Å². The van der Waals surface area contributed by atoms with Crippen molar-refractivity contribution < 1.29 is 69.7 Å². The Balaban J connectivity index is 1.90. The summed E-state index contributed by atoms with van der Waals surface area (Å²) in [5, 5.41) is 10.2. The van der Waals surface area contributed by atoms with E-state index >= 15 is 0 Å². The number of hydrogen-bond acceptors (Lipinski definition) is 14. The first kappa shape index (κ1) is 35.3. The Morgan fingerprint density at radius 1 is 0.950 bits per heavy atom. The molecule has 7 atom stereocenters. The Kier molecular flexibility index (Phi) is 12.8. The van der Waals surface area contributed by atoms with E-state index < -0.39 is 74.2 Å². The molecule has 1 aliphatic rings. The minimum absolute atomic E-state index is 0.150. The highest BCUT2D eigenvalue weighted by Crippen LogP contribution is 2.71. The number of aryl methyl sites for hydroxylation is 1. The molecule has 0 spiro atoms. The highest BCUT2D eigenvalue weighted by molar-refractivity contribution is 7.69. The van der Waals surface area contributed by atoms with Gasteiger partial charge < -0.3 is 35.2 Å². The number of H-pyrrole nitrogens is 1. The fourth-order valence-electron chi connectivity index (χ4n) is 3.25. The normalized spacial score (nSPS) is 25.5. The molecule has 7 unspecified atom stereocenters. The standard InChI is InChI=1S/C16H31N3O17P4/c1-11-9-19(16(22)18-15(11)21)14-8-12(20)13(33-14)10-32-38(25,26)35-40(29,30)36-39(27,28)34-37(23,24)31-7-5-3-2-4-6-17/h9,12-14,20H,2-8,10,17H2,1H3,(H,23,24)(H,25,26)(H,27,28)(H,29,30)(H,18,21,22). The summed E-state index contributed by atoms with van der Waals surface area (Å²) in [5.41, 5.74) is 3.97. The van der Waals surface area contributed by atoms with Crippen molar-refractivity contribution >= 4 is 31.3 Å². The van der Waals surface area contributed by atoms with E-state index in [1.54, 1.807) is 0 Å². The summed E-state index contributed by atoms with van der Waals surface area (Å²) in [4.78, 5) is 64.0. The lowest BCUT2D eigenvalue weighted by molar-refractivity contribution is -0.0450. The van der Waals surface area contributed by atoms with E-state index in [0.717, 1.165) is 10.8 Å². The molecule has 8 N–H and O–H groups in total. The highest BCUT2D eigenvalue weighted by Gasteiger charge is 2.46. The zero-order valence-electron chi connectivity index (χ0n) is 20.9. The second-order valence-corrected chi connectivity index (χ2v) is 14.6. The smallest absolute Gasteiger partial charge is 0.390 e. The number of hydrogen-bond donors (Lipinski definition) is 7. The van der Waals surface area contributed by atoms with Gasteiger partial charge >= 0.3 is 37.0 Å². The van der Waals surface area contributed by atoms with Crippen molar-refractivity contribution in [1.82, 2.24) is 9.55 Å². The van der Waals surface area contributed by atoms with Gasteiger partial charge in [-0.15, -0.1) is 0 Å². The number of aliphatic hydroxyl groups is 1.